The first-order valence-corrected chi connectivity index (χ1v) is 8.06. The SMILES string of the molecule is C[C@H](c1ccccc1Cl)N1CCN(Cc2ncnn2C)CC1. The van der Waals surface area contributed by atoms with E-state index in [4.69, 9.17) is 11.6 Å². The van der Waals surface area contributed by atoms with Gasteiger partial charge in [-0.2, -0.15) is 5.10 Å². The third-order valence-electron chi connectivity index (χ3n) is 4.48. The zero-order valence-corrected chi connectivity index (χ0v) is 13.9. The summed E-state index contributed by atoms with van der Waals surface area (Å²) >= 11 is 6.32. The van der Waals surface area contributed by atoms with Gasteiger partial charge in [0.15, 0.2) is 0 Å². The van der Waals surface area contributed by atoms with E-state index in [9.17, 15) is 0 Å². The van der Waals surface area contributed by atoms with E-state index in [-0.39, 0.29) is 0 Å². The average Bonchev–Trinajstić information content (AvgIpc) is 2.93. The zero-order valence-electron chi connectivity index (χ0n) is 13.1. The van der Waals surface area contributed by atoms with Gasteiger partial charge >= 0.3 is 0 Å². The maximum absolute atomic E-state index is 6.32. The van der Waals surface area contributed by atoms with Gasteiger partial charge in [-0.05, 0) is 18.6 Å². The lowest BCUT2D eigenvalue weighted by atomic mass is 10.1. The Morgan fingerprint density at radius 1 is 1.18 bits per heavy atom. The van der Waals surface area contributed by atoms with E-state index in [1.54, 1.807) is 6.33 Å². The van der Waals surface area contributed by atoms with Crippen LogP contribution in [0.15, 0.2) is 30.6 Å². The fourth-order valence-electron chi connectivity index (χ4n) is 2.98. The van der Waals surface area contributed by atoms with Crippen LogP contribution in [0.2, 0.25) is 5.02 Å². The first-order valence-electron chi connectivity index (χ1n) is 7.69. The molecule has 0 spiro atoms. The van der Waals surface area contributed by atoms with Crippen LogP contribution >= 0.6 is 11.6 Å². The minimum absolute atomic E-state index is 0.352. The Labute approximate surface area is 136 Å². The molecule has 0 radical (unpaired) electrons. The molecule has 22 heavy (non-hydrogen) atoms. The monoisotopic (exact) mass is 319 g/mol. The van der Waals surface area contributed by atoms with Gasteiger partial charge in [0.25, 0.3) is 0 Å². The second-order valence-electron chi connectivity index (χ2n) is 5.81. The van der Waals surface area contributed by atoms with Crippen LogP contribution < -0.4 is 0 Å². The average molecular weight is 320 g/mol. The maximum Gasteiger partial charge on any atom is 0.140 e. The fourth-order valence-corrected chi connectivity index (χ4v) is 3.28. The Morgan fingerprint density at radius 3 is 2.55 bits per heavy atom. The molecule has 0 saturated carbocycles. The van der Waals surface area contributed by atoms with Crippen molar-refractivity contribution in [3.05, 3.63) is 47.0 Å². The summed E-state index contributed by atoms with van der Waals surface area (Å²) in [4.78, 5) is 9.23. The number of aromatic nitrogens is 3. The van der Waals surface area contributed by atoms with E-state index < -0.39 is 0 Å². The van der Waals surface area contributed by atoms with Crippen molar-refractivity contribution in [1.82, 2.24) is 24.6 Å². The Bertz CT molecular complexity index is 619. The molecule has 0 amide bonds. The smallest absolute Gasteiger partial charge is 0.140 e. The van der Waals surface area contributed by atoms with Crippen molar-refractivity contribution in [3.63, 3.8) is 0 Å². The minimum Gasteiger partial charge on any atom is -0.294 e. The Morgan fingerprint density at radius 2 is 1.91 bits per heavy atom. The number of aryl methyl sites for hydroxylation is 1. The summed E-state index contributed by atoms with van der Waals surface area (Å²) in [5, 5.41) is 4.99. The van der Waals surface area contributed by atoms with Gasteiger partial charge in [0, 0.05) is 44.3 Å². The Kier molecular flexibility index (Phi) is 4.76. The summed E-state index contributed by atoms with van der Waals surface area (Å²) in [6.07, 6.45) is 1.62. The molecule has 1 aromatic heterocycles. The molecule has 0 bridgehead atoms. The molecule has 2 aromatic rings. The van der Waals surface area contributed by atoms with Gasteiger partial charge in [-0.25, -0.2) is 4.98 Å². The molecule has 5 nitrogen and oxygen atoms in total. The van der Waals surface area contributed by atoms with Crippen molar-refractivity contribution in [2.75, 3.05) is 26.2 Å². The summed E-state index contributed by atoms with van der Waals surface area (Å²) in [6, 6.07) is 8.49. The van der Waals surface area contributed by atoms with E-state index in [1.165, 1.54) is 5.56 Å². The van der Waals surface area contributed by atoms with Gasteiger partial charge in [0.2, 0.25) is 0 Å². The van der Waals surface area contributed by atoms with Gasteiger partial charge in [-0.15, -0.1) is 0 Å². The molecule has 1 aliphatic heterocycles. The number of nitrogens with zero attached hydrogens (tertiary/aromatic N) is 5. The van der Waals surface area contributed by atoms with Crippen LogP contribution in [0.1, 0.15) is 24.4 Å². The van der Waals surface area contributed by atoms with E-state index in [2.05, 4.69) is 38.9 Å². The summed E-state index contributed by atoms with van der Waals surface area (Å²) in [7, 11) is 1.94. The third-order valence-corrected chi connectivity index (χ3v) is 4.82. The van der Waals surface area contributed by atoms with Crippen molar-refractivity contribution in [2.24, 2.45) is 7.05 Å². The van der Waals surface area contributed by atoms with E-state index in [0.29, 0.717) is 6.04 Å². The van der Waals surface area contributed by atoms with Crippen LogP contribution in [0.4, 0.5) is 0 Å². The van der Waals surface area contributed by atoms with Crippen molar-refractivity contribution in [2.45, 2.75) is 19.5 Å². The largest absolute Gasteiger partial charge is 0.294 e. The van der Waals surface area contributed by atoms with Crippen LogP contribution in [0.25, 0.3) is 0 Å². The van der Waals surface area contributed by atoms with Gasteiger partial charge in [0.1, 0.15) is 12.2 Å². The lowest BCUT2D eigenvalue weighted by molar-refractivity contribution is 0.0955. The second-order valence-corrected chi connectivity index (χ2v) is 6.22. The van der Waals surface area contributed by atoms with Crippen molar-refractivity contribution in [1.29, 1.82) is 0 Å². The minimum atomic E-state index is 0.352. The molecule has 3 rings (SSSR count). The highest BCUT2D eigenvalue weighted by molar-refractivity contribution is 6.31. The molecule has 1 fully saturated rings. The van der Waals surface area contributed by atoms with Gasteiger partial charge < -0.3 is 0 Å². The molecular weight excluding hydrogens is 298 g/mol. The quantitative estimate of drug-likeness (QED) is 0.867. The number of piperazine rings is 1. The number of rotatable bonds is 4. The number of hydrogen-bond acceptors (Lipinski definition) is 4. The standard InChI is InChI=1S/C16H22ClN5/c1-13(14-5-3-4-6-15(14)17)22-9-7-21(8-10-22)11-16-18-12-19-20(16)2/h3-6,12-13H,7-11H2,1-2H3/t13-/m1/s1. The summed E-state index contributed by atoms with van der Waals surface area (Å²) in [5.41, 5.74) is 1.21. The second kappa shape index (κ2) is 6.77. The molecular formula is C16H22ClN5. The van der Waals surface area contributed by atoms with Crippen molar-refractivity contribution < 1.29 is 0 Å². The van der Waals surface area contributed by atoms with E-state index in [0.717, 1.165) is 43.6 Å². The van der Waals surface area contributed by atoms with E-state index in [1.807, 2.05) is 23.9 Å². The van der Waals surface area contributed by atoms with Gasteiger partial charge in [-0.1, -0.05) is 29.8 Å². The van der Waals surface area contributed by atoms with Crippen LogP contribution in [-0.2, 0) is 13.6 Å². The van der Waals surface area contributed by atoms with Gasteiger partial charge in [0.05, 0.1) is 6.54 Å². The highest BCUT2D eigenvalue weighted by atomic mass is 35.5. The molecule has 6 heteroatoms. The lowest BCUT2D eigenvalue weighted by Gasteiger charge is -2.38. The molecule has 0 N–H and O–H groups in total. The predicted octanol–water partition coefficient (Wildman–Crippen LogP) is 2.35. The fraction of sp³-hybridized carbons (Fsp3) is 0.500. The normalized spacial score (nSPS) is 18.5. The zero-order chi connectivity index (χ0) is 15.5. The molecule has 0 unspecified atom stereocenters. The number of benzene rings is 1. The van der Waals surface area contributed by atoms with E-state index >= 15 is 0 Å². The Balaban J connectivity index is 1.57. The summed E-state index contributed by atoms with van der Waals surface area (Å²) in [5.74, 6) is 1.02. The molecule has 2 heterocycles. The maximum atomic E-state index is 6.32. The molecule has 1 atom stereocenters. The van der Waals surface area contributed by atoms with Gasteiger partial charge in [-0.3, -0.25) is 14.5 Å². The molecule has 1 aromatic carbocycles. The van der Waals surface area contributed by atoms with Crippen LogP contribution in [-0.4, -0.2) is 50.7 Å². The van der Waals surface area contributed by atoms with Crippen molar-refractivity contribution >= 4 is 11.6 Å². The lowest BCUT2D eigenvalue weighted by Crippen LogP contribution is -2.46. The molecule has 1 saturated heterocycles. The Hall–Kier alpha value is -1.43. The van der Waals surface area contributed by atoms with Crippen molar-refractivity contribution in [3.8, 4) is 0 Å². The summed E-state index contributed by atoms with van der Waals surface area (Å²) < 4.78 is 1.85. The predicted molar refractivity (Wildman–Crippen MR) is 87.7 cm³/mol. The van der Waals surface area contributed by atoms with Crippen LogP contribution in [0.3, 0.4) is 0 Å². The first-order chi connectivity index (χ1) is 10.6. The molecule has 1 aliphatic rings. The van der Waals surface area contributed by atoms with Crippen LogP contribution in [0.5, 0.6) is 0 Å². The first kappa shape index (κ1) is 15.5. The number of halogens is 1. The molecule has 118 valence electrons. The molecule has 0 aliphatic carbocycles. The highest BCUT2D eigenvalue weighted by Gasteiger charge is 2.23. The number of hydrogen-bond donors (Lipinski definition) is 0. The van der Waals surface area contributed by atoms with Crippen LogP contribution in [0, 0.1) is 0 Å². The summed E-state index contributed by atoms with van der Waals surface area (Å²) in [6.45, 7) is 7.28. The third kappa shape index (κ3) is 3.32. The topological polar surface area (TPSA) is 37.2 Å². The highest BCUT2D eigenvalue weighted by Crippen LogP contribution is 2.27.